The molecule has 1 aliphatic rings. The number of aromatic nitrogens is 1. The molecular formula is C20H16ClNO2S. The zero-order chi connectivity index (χ0) is 17.4. The fraction of sp³-hybridized carbons (Fsp3) is 0.150. The summed E-state index contributed by atoms with van der Waals surface area (Å²) in [6.07, 6.45) is 1.58. The molecule has 1 aliphatic heterocycles. The predicted octanol–water partition coefficient (Wildman–Crippen LogP) is 5.58. The SMILES string of the molecule is CC(=O)O[C@@H]1c2cccn2-c2cccc(Cl)c2S[C@@H]1c1ccccc1. The molecule has 0 saturated heterocycles. The van der Waals surface area contributed by atoms with E-state index in [0.29, 0.717) is 5.02 Å². The molecule has 0 radical (unpaired) electrons. The van der Waals surface area contributed by atoms with Crippen molar-refractivity contribution in [1.82, 2.24) is 4.57 Å². The molecule has 126 valence electrons. The van der Waals surface area contributed by atoms with E-state index in [0.717, 1.165) is 21.8 Å². The number of carbonyl (C=O) groups is 1. The minimum atomic E-state index is -0.400. The Labute approximate surface area is 155 Å². The highest BCUT2D eigenvalue weighted by atomic mass is 35.5. The summed E-state index contributed by atoms with van der Waals surface area (Å²) < 4.78 is 7.83. The van der Waals surface area contributed by atoms with Crippen LogP contribution in [0.25, 0.3) is 5.69 Å². The summed E-state index contributed by atoms with van der Waals surface area (Å²) in [5.74, 6) is -0.295. The van der Waals surface area contributed by atoms with Crippen molar-refractivity contribution in [1.29, 1.82) is 0 Å². The topological polar surface area (TPSA) is 31.2 Å². The number of benzene rings is 2. The van der Waals surface area contributed by atoms with Gasteiger partial charge in [0.1, 0.15) is 0 Å². The van der Waals surface area contributed by atoms with Crippen LogP contribution in [0.2, 0.25) is 5.02 Å². The van der Waals surface area contributed by atoms with E-state index in [1.54, 1.807) is 11.8 Å². The van der Waals surface area contributed by atoms with Crippen molar-refractivity contribution < 1.29 is 9.53 Å². The third-order valence-corrected chi connectivity index (χ3v) is 6.08. The molecule has 4 rings (SSSR count). The minimum Gasteiger partial charge on any atom is -0.455 e. The number of thioether (sulfide) groups is 1. The minimum absolute atomic E-state index is 0.0834. The van der Waals surface area contributed by atoms with Gasteiger partial charge in [0.25, 0.3) is 0 Å². The van der Waals surface area contributed by atoms with Gasteiger partial charge >= 0.3 is 5.97 Å². The summed E-state index contributed by atoms with van der Waals surface area (Å²) in [5.41, 5.74) is 3.05. The summed E-state index contributed by atoms with van der Waals surface area (Å²) in [6, 6.07) is 19.9. The number of hydrogen-bond donors (Lipinski definition) is 0. The average Bonchev–Trinajstić information content (AvgIpc) is 3.04. The largest absolute Gasteiger partial charge is 0.455 e. The Morgan fingerprint density at radius 2 is 1.88 bits per heavy atom. The molecule has 5 heteroatoms. The fourth-order valence-electron chi connectivity index (χ4n) is 3.18. The molecule has 0 saturated carbocycles. The predicted molar refractivity (Wildman–Crippen MR) is 100 cm³/mol. The van der Waals surface area contributed by atoms with E-state index < -0.39 is 6.10 Å². The molecule has 0 unspecified atom stereocenters. The van der Waals surface area contributed by atoms with Gasteiger partial charge in [-0.1, -0.05) is 48.0 Å². The van der Waals surface area contributed by atoms with E-state index >= 15 is 0 Å². The van der Waals surface area contributed by atoms with Crippen LogP contribution in [-0.2, 0) is 9.53 Å². The van der Waals surface area contributed by atoms with Crippen LogP contribution < -0.4 is 0 Å². The monoisotopic (exact) mass is 369 g/mol. The molecule has 3 nitrogen and oxygen atoms in total. The van der Waals surface area contributed by atoms with Gasteiger partial charge in [0.2, 0.25) is 0 Å². The molecule has 3 aromatic rings. The highest BCUT2D eigenvalue weighted by molar-refractivity contribution is 7.99. The Balaban J connectivity index is 1.94. The number of fused-ring (bicyclic) bond motifs is 3. The van der Waals surface area contributed by atoms with Crippen LogP contribution in [0, 0.1) is 0 Å². The zero-order valence-corrected chi connectivity index (χ0v) is 15.1. The Morgan fingerprint density at radius 3 is 2.64 bits per heavy atom. The van der Waals surface area contributed by atoms with Crippen molar-refractivity contribution in [3.8, 4) is 5.69 Å². The first-order valence-corrected chi connectivity index (χ1v) is 9.26. The van der Waals surface area contributed by atoms with Gasteiger partial charge in [-0.25, -0.2) is 0 Å². The fourth-order valence-corrected chi connectivity index (χ4v) is 4.82. The maximum absolute atomic E-state index is 11.8. The number of carbonyl (C=O) groups excluding carboxylic acids is 1. The van der Waals surface area contributed by atoms with Crippen LogP contribution in [-0.4, -0.2) is 10.5 Å². The molecule has 0 spiro atoms. The lowest BCUT2D eigenvalue weighted by Gasteiger charge is -2.25. The quantitative estimate of drug-likeness (QED) is 0.552. The first-order chi connectivity index (χ1) is 12.1. The summed E-state index contributed by atoms with van der Waals surface area (Å²) >= 11 is 8.15. The second-order valence-electron chi connectivity index (χ2n) is 5.87. The lowest BCUT2D eigenvalue weighted by Crippen LogP contribution is -2.16. The molecule has 1 aromatic heterocycles. The van der Waals surface area contributed by atoms with Crippen LogP contribution in [0.15, 0.2) is 71.8 Å². The van der Waals surface area contributed by atoms with Crippen LogP contribution in [0.4, 0.5) is 0 Å². The van der Waals surface area contributed by atoms with E-state index in [2.05, 4.69) is 16.7 Å². The maximum Gasteiger partial charge on any atom is 0.303 e. The number of nitrogens with zero attached hydrogens (tertiary/aromatic N) is 1. The molecule has 0 fully saturated rings. The van der Waals surface area contributed by atoms with Crippen LogP contribution >= 0.6 is 23.4 Å². The van der Waals surface area contributed by atoms with Gasteiger partial charge in [-0.15, -0.1) is 11.8 Å². The van der Waals surface area contributed by atoms with Crippen LogP contribution in [0.3, 0.4) is 0 Å². The second kappa shape index (κ2) is 6.62. The second-order valence-corrected chi connectivity index (χ2v) is 7.43. The third-order valence-electron chi connectivity index (χ3n) is 4.22. The Kier molecular flexibility index (Phi) is 4.32. The smallest absolute Gasteiger partial charge is 0.303 e. The van der Waals surface area contributed by atoms with E-state index in [9.17, 15) is 4.79 Å². The van der Waals surface area contributed by atoms with Gasteiger partial charge in [-0.2, -0.15) is 0 Å². The van der Waals surface area contributed by atoms with Gasteiger partial charge < -0.3 is 9.30 Å². The molecular weight excluding hydrogens is 354 g/mol. The maximum atomic E-state index is 11.8. The van der Waals surface area contributed by atoms with Gasteiger partial charge in [-0.3, -0.25) is 4.79 Å². The molecule has 0 aliphatic carbocycles. The molecule has 0 amide bonds. The van der Waals surface area contributed by atoms with E-state index in [4.69, 9.17) is 16.3 Å². The zero-order valence-electron chi connectivity index (χ0n) is 13.6. The number of rotatable bonds is 2. The van der Waals surface area contributed by atoms with E-state index in [-0.39, 0.29) is 11.2 Å². The normalized spacial score (nSPS) is 18.8. The number of halogens is 1. The van der Waals surface area contributed by atoms with Gasteiger partial charge in [0, 0.05) is 13.1 Å². The first-order valence-electron chi connectivity index (χ1n) is 8.00. The van der Waals surface area contributed by atoms with Crippen molar-refractivity contribution in [3.63, 3.8) is 0 Å². The molecule has 2 aromatic carbocycles. The molecule has 2 atom stereocenters. The summed E-state index contributed by atoms with van der Waals surface area (Å²) in [6.45, 7) is 1.45. The standard InChI is InChI=1S/C20H16ClNO2S/c1-13(23)24-18-16-11-6-12-22(16)17-10-5-9-15(21)20(17)25-19(18)14-7-3-2-4-8-14/h2-12,18-19H,1H3/t18-,19-/m1/s1. The molecule has 2 heterocycles. The van der Waals surface area contributed by atoms with Crippen molar-refractivity contribution in [2.45, 2.75) is 23.2 Å². The summed E-state index contributed by atoms with van der Waals surface area (Å²) in [4.78, 5) is 12.8. The summed E-state index contributed by atoms with van der Waals surface area (Å²) in [7, 11) is 0. The van der Waals surface area contributed by atoms with Crippen molar-refractivity contribution in [2.75, 3.05) is 0 Å². The molecule has 25 heavy (non-hydrogen) atoms. The van der Waals surface area contributed by atoms with Crippen LogP contribution in [0.1, 0.15) is 29.5 Å². The molecule has 0 N–H and O–H groups in total. The Hall–Kier alpha value is -2.17. The van der Waals surface area contributed by atoms with Crippen molar-refractivity contribution in [2.24, 2.45) is 0 Å². The third kappa shape index (κ3) is 2.96. The Morgan fingerprint density at radius 1 is 1.08 bits per heavy atom. The highest BCUT2D eigenvalue weighted by Gasteiger charge is 2.35. The van der Waals surface area contributed by atoms with E-state index in [1.807, 2.05) is 54.7 Å². The van der Waals surface area contributed by atoms with Gasteiger partial charge in [-0.05, 0) is 29.8 Å². The lowest BCUT2D eigenvalue weighted by molar-refractivity contribution is -0.147. The average molecular weight is 370 g/mol. The first kappa shape index (κ1) is 16.3. The van der Waals surface area contributed by atoms with Crippen molar-refractivity contribution in [3.05, 3.63) is 83.1 Å². The summed E-state index contributed by atoms with van der Waals surface area (Å²) in [5, 5.41) is 0.617. The lowest BCUT2D eigenvalue weighted by atomic mass is 10.0. The molecule has 0 bridgehead atoms. The number of hydrogen-bond acceptors (Lipinski definition) is 3. The number of esters is 1. The van der Waals surface area contributed by atoms with Gasteiger partial charge in [0.05, 0.1) is 26.5 Å². The highest BCUT2D eigenvalue weighted by Crippen LogP contribution is 2.52. The van der Waals surface area contributed by atoms with E-state index in [1.165, 1.54) is 6.92 Å². The van der Waals surface area contributed by atoms with Crippen LogP contribution in [0.5, 0.6) is 0 Å². The number of ether oxygens (including phenoxy) is 1. The Bertz CT molecular complexity index is 922. The van der Waals surface area contributed by atoms with Gasteiger partial charge in [0.15, 0.2) is 6.10 Å². The van der Waals surface area contributed by atoms with Crippen molar-refractivity contribution >= 4 is 29.3 Å².